The lowest BCUT2D eigenvalue weighted by atomic mass is 10.1. The van der Waals surface area contributed by atoms with Gasteiger partial charge in [-0.3, -0.25) is 0 Å². The van der Waals surface area contributed by atoms with Crippen molar-refractivity contribution in [2.24, 2.45) is 0 Å². The van der Waals surface area contributed by atoms with E-state index < -0.39 is 5.82 Å². The molecule has 18 heavy (non-hydrogen) atoms. The van der Waals surface area contributed by atoms with E-state index in [0.29, 0.717) is 13.0 Å². The Labute approximate surface area is 109 Å². The Bertz CT molecular complexity index is 529. The fourth-order valence-electron chi connectivity index (χ4n) is 1.52. The maximum atomic E-state index is 13.4. The average molecular weight is 269 g/mol. The van der Waals surface area contributed by atoms with Crippen molar-refractivity contribution in [2.45, 2.75) is 6.42 Å². The van der Waals surface area contributed by atoms with E-state index in [-0.39, 0.29) is 16.7 Å². The van der Waals surface area contributed by atoms with Gasteiger partial charge >= 0.3 is 0 Å². The Morgan fingerprint density at radius 1 is 1.17 bits per heavy atom. The van der Waals surface area contributed by atoms with Gasteiger partial charge in [0.05, 0.1) is 5.02 Å². The van der Waals surface area contributed by atoms with Crippen molar-refractivity contribution in [1.82, 2.24) is 4.98 Å². The molecule has 1 N–H and O–H groups in total. The molecule has 0 fully saturated rings. The van der Waals surface area contributed by atoms with Crippen molar-refractivity contribution in [3.8, 4) is 0 Å². The highest BCUT2D eigenvalue weighted by molar-refractivity contribution is 6.30. The van der Waals surface area contributed by atoms with E-state index in [1.165, 1.54) is 24.4 Å². The van der Waals surface area contributed by atoms with Crippen LogP contribution in [0.4, 0.5) is 14.6 Å². The topological polar surface area (TPSA) is 24.9 Å². The second-order valence-electron chi connectivity index (χ2n) is 3.79. The lowest BCUT2D eigenvalue weighted by Gasteiger charge is -2.06. The van der Waals surface area contributed by atoms with E-state index in [0.717, 1.165) is 5.56 Å². The highest BCUT2D eigenvalue weighted by Crippen LogP contribution is 2.15. The van der Waals surface area contributed by atoms with Gasteiger partial charge in [-0.05, 0) is 30.2 Å². The van der Waals surface area contributed by atoms with Crippen LogP contribution in [0.5, 0.6) is 0 Å². The van der Waals surface area contributed by atoms with E-state index >= 15 is 0 Å². The predicted octanol–water partition coefficient (Wildman–Crippen LogP) is 3.67. The molecular weight excluding hydrogens is 258 g/mol. The zero-order valence-corrected chi connectivity index (χ0v) is 10.2. The zero-order chi connectivity index (χ0) is 13.0. The van der Waals surface area contributed by atoms with Gasteiger partial charge in [0.15, 0.2) is 11.6 Å². The van der Waals surface area contributed by atoms with Crippen molar-refractivity contribution in [3.05, 3.63) is 58.7 Å². The summed E-state index contributed by atoms with van der Waals surface area (Å²) in [6.45, 7) is 0.511. The van der Waals surface area contributed by atoms with Crippen LogP contribution >= 0.6 is 11.6 Å². The van der Waals surface area contributed by atoms with Gasteiger partial charge in [0.2, 0.25) is 0 Å². The van der Waals surface area contributed by atoms with Crippen LogP contribution in [0.15, 0.2) is 36.5 Å². The van der Waals surface area contributed by atoms with Crippen LogP contribution in [-0.4, -0.2) is 11.5 Å². The number of aromatic nitrogens is 1. The zero-order valence-electron chi connectivity index (χ0n) is 9.46. The minimum absolute atomic E-state index is 0.168. The maximum Gasteiger partial charge on any atom is 0.166 e. The highest BCUT2D eigenvalue weighted by atomic mass is 35.5. The molecule has 2 nitrogen and oxygen atoms in total. The number of nitrogens with one attached hydrogen (secondary N) is 1. The minimum atomic E-state index is -0.485. The van der Waals surface area contributed by atoms with Crippen molar-refractivity contribution < 1.29 is 8.78 Å². The molecule has 0 aliphatic heterocycles. The summed E-state index contributed by atoms with van der Waals surface area (Å²) in [5.41, 5.74) is 0.971. The molecular formula is C13H11ClF2N2. The van der Waals surface area contributed by atoms with Crippen LogP contribution in [0, 0.1) is 11.6 Å². The van der Waals surface area contributed by atoms with E-state index in [9.17, 15) is 8.78 Å². The Hall–Kier alpha value is -1.68. The summed E-state index contributed by atoms with van der Waals surface area (Å²) in [4.78, 5) is 3.85. The van der Waals surface area contributed by atoms with E-state index in [1.807, 2.05) is 0 Å². The molecule has 0 aliphatic carbocycles. The average Bonchev–Trinajstić information content (AvgIpc) is 2.34. The molecule has 0 radical (unpaired) electrons. The fraction of sp³-hybridized carbons (Fsp3) is 0.154. The Morgan fingerprint density at radius 3 is 2.56 bits per heavy atom. The molecule has 1 aromatic carbocycles. The summed E-state index contributed by atoms with van der Waals surface area (Å²) in [6.07, 6.45) is 2.04. The van der Waals surface area contributed by atoms with E-state index in [2.05, 4.69) is 10.3 Å². The van der Waals surface area contributed by atoms with Crippen molar-refractivity contribution in [2.75, 3.05) is 11.9 Å². The third kappa shape index (κ3) is 3.40. The Morgan fingerprint density at radius 2 is 1.89 bits per heavy atom. The molecule has 5 heteroatoms. The van der Waals surface area contributed by atoms with E-state index in [1.54, 1.807) is 12.1 Å². The van der Waals surface area contributed by atoms with Gasteiger partial charge in [-0.25, -0.2) is 13.8 Å². The van der Waals surface area contributed by atoms with Crippen LogP contribution in [-0.2, 0) is 6.42 Å². The largest absolute Gasteiger partial charge is 0.367 e. The molecule has 0 spiro atoms. The second kappa shape index (κ2) is 5.78. The molecule has 1 heterocycles. The first-order valence-corrected chi connectivity index (χ1v) is 5.82. The third-order valence-electron chi connectivity index (χ3n) is 2.43. The molecule has 0 atom stereocenters. The molecule has 0 aliphatic rings. The fourth-order valence-corrected chi connectivity index (χ4v) is 1.67. The number of pyridine rings is 1. The van der Waals surface area contributed by atoms with Crippen LogP contribution in [0.3, 0.4) is 0 Å². The summed E-state index contributed by atoms with van der Waals surface area (Å²) >= 11 is 5.60. The van der Waals surface area contributed by atoms with Gasteiger partial charge in [-0.15, -0.1) is 0 Å². The highest BCUT2D eigenvalue weighted by Gasteiger charge is 2.03. The minimum Gasteiger partial charge on any atom is -0.367 e. The van der Waals surface area contributed by atoms with Gasteiger partial charge < -0.3 is 5.32 Å². The smallest absolute Gasteiger partial charge is 0.166 e. The number of rotatable bonds is 4. The van der Waals surface area contributed by atoms with Gasteiger partial charge in [0.25, 0.3) is 0 Å². The molecule has 1 aromatic heterocycles. The Kier molecular flexibility index (Phi) is 4.10. The lowest BCUT2D eigenvalue weighted by molar-refractivity contribution is 0.624. The second-order valence-corrected chi connectivity index (χ2v) is 4.22. The van der Waals surface area contributed by atoms with Gasteiger partial charge in [0.1, 0.15) is 5.82 Å². The molecule has 0 unspecified atom stereocenters. The summed E-state index contributed by atoms with van der Waals surface area (Å²) in [5.74, 6) is -0.583. The lowest BCUT2D eigenvalue weighted by Crippen LogP contribution is -2.07. The number of nitrogens with zero attached hydrogens (tertiary/aromatic N) is 1. The first-order chi connectivity index (χ1) is 8.65. The molecule has 0 bridgehead atoms. The predicted molar refractivity (Wildman–Crippen MR) is 67.8 cm³/mol. The van der Waals surface area contributed by atoms with Crippen LogP contribution in [0.25, 0.3) is 0 Å². The summed E-state index contributed by atoms with van der Waals surface area (Å²) in [5, 5.41) is 3.13. The van der Waals surface area contributed by atoms with Crippen molar-refractivity contribution in [3.63, 3.8) is 0 Å². The van der Waals surface area contributed by atoms with Gasteiger partial charge in [0, 0.05) is 12.7 Å². The van der Waals surface area contributed by atoms with Gasteiger partial charge in [-0.2, -0.15) is 0 Å². The maximum absolute atomic E-state index is 13.4. The standard InChI is InChI=1S/C13H11ClF2N2/c14-10-7-12(16)13(18-8-10)17-6-5-9-1-3-11(15)4-2-9/h1-4,7-8H,5-6H2,(H,17,18). The Balaban J connectivity index is 1.90. The molecule has 0 amide bonds. The molecule has 0 saturated heterocycles. The van der Waals surface area contributed by atoms with Crippen molar-refractivity contribution in [1.29, 1.82) is 0 Å². The molecule has 0 saturated carbocycles. The third-order valence-corrected chi connectivity index (χ3v) is 2.63. The summed E-state index contributed by atoms with van der Waals surface area (Å²) in [6, 6.07) is 7.40. The van der Waals surface area contributed by atoms with Crippen LogP contribution in [0.2, 0.25) is 5.02 Å². The SMILES string of the molecule is Fc1ccc(CCNc2ncc(Cl)cc2F)cc1. The van der Waals surface area contributed by atoms with Crippen LogP contribution in [0.1, 0.15) is 5.56 Å². The normalized spacial score (nSPS) is 10.4. The number of halogens is 3. The molecule has 2 rings (SSSR count). The summed E-state index contributed by atoms with van der Waals surface area (Å²) < 4.78 is 26.0. The van der Waals surface area contributed by atoms with E-state index in [4.69, 9.17) is 11.6 Å². The summed E-state index contributed by atoms with van der Waals surface area (Å²) in [7, 11) is 0. The molecule has 94 valence electrons. The number of hydrogen-bond acceptors (Lipinski definition) is 2. The first-order valence-electron chi connectivity index (χ1n) is 5.44. The van der Waals surface area contributed by atoms with Gasteiger partial charge in [-0.1, -0.05) is 23.7 Å². The number of benzene rings is 1. The first kappa shape index (κ1) is 12.8. The number of hydrogen-bond donors (Lipinski definition) is 1. The molecule has 2 aromatic rings. The number of anilines is 1. The van der Waals surface area contributed by atoms with Crippen molar-refractivity contribution >= 4 is 17.4 Å². The van der Waals surface area contributed by atoms with Crippen LogP contribution < -0.4 is 5.32 Å². The quantitative estimate of drug-likeness (QED) is 0.915. The monoisotopic (exact) mass is 268 g/mol.